The minimum atomic E-state index is -4.38. The third-order valence-electron chi connectivity index (χ3n) is 4.49. The van der Waals surface area contributed by atoms with E-state index in [0.717, 1.165) is 25.0 Å². The molecule has 2 heterocycles. The monoisotopic (exact) mass is 363 g/mol. The van der Waals surface area contributed by atoms with Crippen LogP contribution >= 0.6 is 0 Å². The van der Waals surface area contributed by atoms with Gasteiger partial charge in [-0.1, -0.05) is 6.07 Å². The highest BCUT2D eigenvalue weighted by Gasteiger charge is 2.34. The molecule has 0 bridgehead atoms. The third-order valence-corrected chi connectivity index (χ3v) is 6.53. The minimum Gasteiger partial charge on any atom is -0.369 e. The predicted molar refractivity (Wildman–Crippen MR) is 85.0 cm³/mol. The third kappa shape index (κ3) is 3.52. The van der Waals surface area contributed by atoms with Gasteiger partial charge >= 0.3 is 6.18 Å². The van der Waals surface area contributed by atoms with Crippen molar-refractivity contribution in [2.24, 2.45) is 0 Å². The molecule has 9 heteroatoms. The SMILES string of the molecule is O=S(=O)(N1CCCC1)N1CCN(c2cccc(C(F)(F)F)c2)CC1. The lowest BCUT2D eigenvalue weighted by atomic mass is 10.1. The van der Waals surface area contributed by atoms with Gasteiger partial charge in [0.05, 0.1) is 5.56 Å². The molecule has 24 heavy (non-hydrogen) atoms. The quantitative estimate of drug-likeness (QED) is 0.827. The summed E-state index contributed by atoms with van der Waals surface area (Å²) in [5, 5.41) is 0. The summed E-state index contributed by atoms with van der Waals surface area (Å²) in [5.74, 6) is 0. The lowest BCUT2D eigenvalue weighted by molar-refractivity contribution is -0.137. The Labute approximate surface area is 139 Å². The molecular weight excluding hydrogens is 343 g/mol. The molecule has 2 aliphatic heterocycles. The Bertz CT molecular complexity index is 679. The molecule has 0 radical (unpaired) electrons. The molecule has 134 valence electrons. The summed E-state index contributed by atoms with van der Waals surface area (Å²) in [4.78, 5) is 1.80. The van der Waals surface area contributed by atoms with Crippen LogP contribution in [0.25, 0.3) is 0 Å². The summed E-state index contributed by atoms with van der Waals surface area (Å²) in [6.45, 7) is 2.44. The number of hydrogen-bond donors (Lipinski definition) is 0. The van der Waals surface area contributed by atoms with Crippen LogP contribution in [0, 0.1) is 0 Å². The summed E-state index contributed by atoms with van der Waals surface area (Å²) in [6.07, 6.45) is -2.62. The molecule has 3 rings (SSSR count). The van der Waals surface area contributed by atoms with E-state index < -0.39 is 21.9 Å². The van der Waals surface area contributed by atoms with Crippen molar-refractivity contribution in [3.05, 3.63) is 29.8 Å². The maximum absolute atomic E-state index is 12.8. The highest BCUT2D eigenvalue weighted by molar-refractivity contribution is 7.86. The van der Waals surface area contributed by atoms with E-state index in [-0.39, 0.29) is 13.1 Å². The van der Waals surface area contributed by atoms with Crippen molar-refractivity contribution in [2.45, 2.75) is 19.0 Å². The predicted octanol–water partition coefficient (Wildman–Crippen LogP) is 2.17. The molecule has 0 N–H and O–H groups in total. The smallest absolute Gasteiger partial charge is 0.369 e. The topological polar surface area (TPSA) is 43.9 Å². The Hall–Kier alpha value is -1.32. The van der Waals surface area contributed by atoms with Crippen molar-refractivity contribution in [2.75, 3.05) is 44.2 Å². The van der Waals surface area contributed by atoms with Crippen LogP contribution in [0.2, 0.25) is 0 Å². The van der Waals surface area contributed by atoms with Gasteiger partial charge in [-0.3, -0.25) is 0 Å². The van der Waals surface area contributed by atoms with Gasteiger partial charge in [-0.2, -0.15) is 30.2 Å². The summed E-state index contributed by atoms with van der Waals surface area (Å²) in [6, 6.07) is 5.16. The fraction of sp³-hybridized carbons (Fsp3) is 0.600. The second-order valence-electron chi connectivity index (χ2n) is 6.05. The van der Waals surface area contributed by atoms with Crippen molar-refractivity contribution in [3.63, 3.8) is 0 Å². The van der Waals surface area contributed by atoms with Crippen LogP contribution < -0.4 is 4.90 Å². The van der Waals surface area contributed by atoms with Gasteiger partial charge in [0.2, 0.25) is 0 Å². The Morgan fingerprint density at radius 3 is 2.04 bits per heavy atom. The number of halogens is 3. The molecule has 0 atom stereocenters. The Morgan fingerprint density at radius 1 is 0.875 bits per heavy atom. The maximum atomic E-state index is 12.8. The van der Waals surface area contributed by atoms with Crippen LogP contribution in [0.4, 0.5) is 18.9 Å². The van der Waals surface area contributed by atoms with Crippen molar-refractivity contribution >= 4 is 15.9 Å². The van der Waals surface area contributed by atoms with Crippen molar-refractivity contribution in [3.8, 4) is 0 Å². The summed E-state index contributed by atoms with van der Waals surface area (Å²) in [7, 11) is -3.44. The van der Waals surface area contributed by atoms with Crippen LogP contribution in [0.3, 0.4) is 0 Å². The molecule has 0 spiro atoms. The molecular formula is C15H20F3N3O2S. The van der Waals surface area contributed by atoms with E-state index in [1.807, 2.05) is 0 Å². The fourth-order valence-electron chi connectivity index (χ4n) is 3.14. The summed E-state index contributed by atoms with van der Waals surface area (Å²) >= 11 is 0. The Morgan fingerprint density at radius 2 is 1.46 bits per heavy atom. The number of piperazine rings is 1. The lowest BCUT2D eigenvalue weighted by Crippen LogP contribution is -2.52. The first-order valence-electron chi connectivity index (χ1n) is 7.96. The van der Waals surface area contributed by atoms with E-state index in [1.165, 1.54) is 14.7 Å². The molecule has 0 aliphatic carbocycles. The van der Waals surface area contributed by atoms with Gasteiger partial charge in [-0.05, 0) is 31.0 Å². The van der Waals surface area contributed by atoms with Gasteiger partial charge < -0.3 is 4.90 Å². The summed E-state index contributed by atoms with van der Waals surface area (Å²) in [5.41, 5.74) is -0.213. The van der Waals surface area contributed by atoms with E-state index in [0.29, 0.717) is 31.9 Å². The Balaban J connectivity index is 1.67. The zero-order chi connectivity index (χ0) is 17.4. The van der Waals surface area contributed by atoms with Crippen molar-refractivity contribution in [1.29, 1.82) is 0 Å². The average Bonchev–Trinajstić information content (AvgIpc) is 3.10. The standard InChI is InChI=1S/C15H20F3N3O2S/c16-15(17,18)13-4-3-5-14(12-13)19-8-10-21(11-9-19)24(22,23)20-6-1-2-7-20/h3-5,12H,1-2,6-11H2. The number of alkyl halides is 3. The van der Waals surface area contributed by atoms with Crippen LogP contribution in [-0.4, -0.2) is 56.3 Å². The number of benzene rings is 1. The molecule has 1 aromatic rings. The van der Waals surface area contributed by atoms with E-state index in [9.17, 15) is 21.6 Å². The molecule has 0 amide bonds. The van der Waals surface area contributed by atoms with Crippen LogP contribution in [0.5, 0.6) is 0 Å². The van der Waals surface area contributed by atoms with Crippen LogP contribution in [0.1, 0.15) is 18.4 Å². The molecule has 0 saturated carbocycles. The lowest BCUT2D eigenvalue weighted by Gasteiger charge is -2.37. The second-order valence-corrected chi connectivity index (χ2v) is 7.98. The number of nitrogens with zero attached hydrogens (tertiary/aromatic N) is 3. The minimum absolute atomic E-state index is 0.287. The molecule has 0 aromatic heterocycles. The largest absolute Gasteiger partial charge is 0.416 e. The molecule has 2 aliphatic rings. The number of anilines is 1. The van der Waals surface area contributed by atoms with E-state index >= 15 is 0 Å². The van der Waals surface area contributed by atoms with Gasteiger partial charge in [0.15, 0.2) is 0 Å². The Kier molecular flexibility index (Phi) is 4.76. The van der Waals surface area contributed by atoms with E-state index in [4.69, 9.17) is 0 Å². The zero-order valence-corrected chi connectivity index (χ0v) is 14.0. The zero-order valence-electron chi connectivity index (χ0n) is 13.2. The van der Waals surface area contributed by atoms with Crippen molar-refractivity contribution < 1.29 is 21.6 Å². The number of rotatable bonds is 3. The summed E-state index contributed by atoms with van der Waals surface area (Å²) < 4.78 is 66.4. The highest BCUT2D eigenvalue weighted by Crippen LogP contribution is 2.32. The molecule has 0 unspecified atom stereocenters. The van der Waals surface area contributed by atoms with Gasteiger partial charge in [-0.15, -0.1) is 0 Å². The first-order valence-corrected chi connectivity index (χ1v) is 9.35. The fourth-order valence-corrected chi connectivity index (χ4v) is 4.81. The molecule has 5 nitrogen and oxygen atoms in total. The van der Waals surface area contributed by atoms with Gasteiger partial charge in [0, 0.05) is 45.0 Å². The molecule has 1 aromatic carbocycles. The average molecular weight is 363 g/mol. The highest BCUT2D eigenvalue weighted by atomic mass is 32.2. The normalized spacial score (nSPS) is 21.4. The van der Waals surface area contributed by atoms with Gasteiger partial charge in [0.25, 0.3) is 10.2 Å². The number of hydrogen-bond acceptors (Lipinski definition) is 3. The first kappa shape index (κ1) is 17.5. The van der Waals surface area contributed by atoms with Crippen LogP contribution in [-0.2, 0) is 16.4 Å². The van der Waals surface area contributed by atoms with Crippen molar-refractivity contribution in [1.82, 2.24) is 8.61 Å². The molecule has 2 saturated heterocycles. The maximum Gasteiger partial charge on any atom is 0.416 e. The van der Waals surface area contributed by atoms with Crippen LogP contribution in [0.15, 0.2) is 24.3 Å². The van der Waals surface area contributed by atoms with E-state index in [2.05, 4.69) is 0 Å². The van der Waals surface area contributed by atoms with Gasteiger partial charge in [0.1, 0.15) is 0 Å². The molecule has 2 fully saturated rings. The first-order chi connectivity index (χ1) is 11.3. The second kappa shape index (κ2) is 6.53. The van der Waals surface area contributed by atoms with Gasteiger partial charge in [-0.25, -0.2) is 0 Å². The van der Waals surface area contributed by atoms with E-state index in [1.54, 1.807) is 11.0 Å².